The van der Waals surface area contributed by atoms with E-state index in [-0.39, 0.29) is 17.4 Å². The molecule has 5 N–H and O–H groups in total. The maximum absolute atomic E-state index is 12.3. The Balaban J connectivity index is 1.53. The van der Waals surface area contributed by atoms with Gasteiger partial charge in [0.2, 0.25) is 0 Å². The van der Waals surface area contributed by atoms with Gasteiger partial charge in [0.15, 0.2) is 0 Å². The number of nitrogens with two attached hydrogens (primary N) is 1. The second kappa shape index (κ2) is 8.09. The number of carbonyl (C=O) groups excluding carboxylic acids is 1. The third-order valence-corrected chi connectivity index (χ3v) is 4.82. The van der Waals surface area contributed by atoms with Crippen molar-refractivity contribution < 1.29 is 4.79 Å². The van der Waals surface area contributed by atoms with E-state index in [1.54, 1.807) is 0 Å². The number of nitrogens with one attached hydrogen (secondary N) is 3. The van der Waals surface area contributed by atoms with Gasteiger partial charge in [-0.15, -0.1) is 0 Å². The molecule has 0 aliphatic carbocycles. The van der Waals surface area contributed by atoms with Gasteiger partial charge in [-0.3, -0.25) is 19.5 Å². The molecule has 1 fully saturated rings. The monoisotopic (exact) mass is 372 g/mol. The number of nitrogen functional groups attached to an aromatic ring is 1. The minimum Gasteiger partial charge on any atom is -0.392 e. The van der Waals surface area contributed by atoms with Crippen LogP contribution in [0.25, 0.3) is 0 Å². The van der Waals surface area contributed by atoms with Gasteiger partial charge in [-0.2, -0.15) is 0 Å². The van der Waals surface area contributed by atoms with Crippen molar-refractivity contribution >= 4 is 17.3 Å². The molecule has 3 rings (SSSR count). The summed E-state index contributed by atoms with van der Waals surface area (Å²) >= 11 is 0. The first-order valence-electron chi connectivity index (χ1n) is 8.90. The molecular formula is C18H24N6O3. The van der Waals surface area contributed by atoms with Crippen LogP contribution < -0.4 is 27.2 Å². The third kappa shape index (κ3) is 4.37. The van der Waals surface area contributed by atoms with Crippen LogP contribution in [-0.2, 0) is 0 Å². The summed E-state index contributed by atoms with van der Waals surface area (Å²) in [6.07, 6.45) is 0. The fourth-order valence-electron chi connectivity index (χ4n) is 3.19. The fraction of sp³-hybridized carbons (Fsp3) is 0.389. The molecule has 9 nitrogen and oxygen atoms in total. The van der Waals surface area contributed by atoms with Crippen molar-refractivity contribution in [1.29, 1.82) is 0 Å². The minimum absolute atomic E-state index is 0.113. The molecule has 2 aromatic rings. The molecule has 1 aliphatic rings. The number of nitrogens with zero attached hydrogens (tertiary/aromatic N) is 2. The van der Waals surface area contributed by atoms with Gasteiger partial charge in [-0.1, -0.05) is 18.2 Å². The molecular weight excluding hydrogens is 348 g/mol. The van der Waals surface area contributed by atoms with Gasteiger partial charge in [0.25, 0.3) is 11.5 Å². The van der Waals surface area contributed by atoms with Crippen LogP contribution in [0, 0.1) is 0 Å². The number of hydrogen-bond acceptors (Lipinski definition) is 6. The van der Waals surface area contributed by atoms with E-state index >= 15 is 0 Å². The Hall–Kier alpha value is -3.07. The molecule has 1 aliphatic heterocycles. The van der Waals surface area contributed by atoms with Gasteiger partial charge in [0.05, 0.1) is 0 Å². The van der Waals surface area contributed by atoms with E-state index in [0.717, 1.165) is 26.2 Å². The quantitative estimate of drug-likeness (QED) is 0.565. The summed E-state index contributed by atoms with van der Waals surface area (Å²) < 4.78 is 0. The number of benzene rings is 1. The van der Waals surface area contributed by atoms with Crippen molar-refractivity contribution in [1.82, 2.24) is 20.2 Å². The highest BCUT2D eigenvalue weighted by atomic mass is 16.2. The molecule has 1 amide bonds. The van der Waals surface area contributed by atoms with Crippen molar-refractivity contribution in [3.63, 3.8) is 0 Å². The fourth-order valence-corrected chi connectivity index (χ4v) is 3.19. The number of aromatic amines is 2. The van der Waals surface area contributed by atoms with Gasteiger partial charge in [0.1, 0.15) is 11.4 Å². The number of rotatable bonds is 5. The highest BCUT2D eigenvalue weighted by Gasteiger charge is 2.22. The first kappa shape index (κ1) is 18.7. The Labute approximate surface area is 156 Å². The lowest BCUT2D eigenvalue weighted by Gasteiger charge is -2.39. The molecule has 0 radical (unpaired) electrons. The summed E-state index contributed by atoms with van der Waals surface area (Å²) in [5, 5.41) is 2.74. The molecule has 2 heterocycles. The summed E-state index contributed by atoms with van der Waals surface area (Å²) in [4.78, 5) is 44.0. The van der Waals surface area contributed by atoms with E-state index in [0.29, 0.717) is 6.54 Å². The number of anilines is 2. The molecule has 27 heavy (non-hydrogen) atoms. The second-order valence-electron chi connectivity index (χ2n) is 6.61. The number of amides is 1. The van der Waals surface area contributed by atoms with Crippen LogP contribution in [0.1, 0.15) is 17.4 Å². The van der Waals surface area contributed by atoms with Gasteiger partial charge in [0, 0.05) is 44.5 Å². The lowest BCUT2D eigenvalue weighted by atomic mass is 10.2. The highest BCUT2D eigenvalue weighted by molar-refractivity contribution is 5.96. The Morgan fingerprint density at radius 2 is 1.81 bits per heavy atom. The molecule has 9 heteroatoms. The topological polar surface area (TPSA) is 127 Å². The van der Waals surface area contributed by atoms with Crippen LogP contribution in [0.2, 0.25) is 0 Å². The Morgan fingerprint density at radius 1 is 1.15 bits per heavy atom. The predicted molar refractivity (Wildman–Crippen MR) is 104 cm³/mol. The zero-order valence-electron chi connectivity index (χ0n) is 15.2. The number of H-pyrrole nitrogens is 2. The number of hydrogen-bond donors (Lipinski definition) is 4. The summed E-state index contributed by atoms with van der Waals surface area (Å²) in [5.74, 6) is -0.564. The Kier molecular flexibility index (Phi) is 5.60. The van der Waals surface area contributed by atoms with Crippen molar-refractivity contribution in [2.24, 2.45) is 0 Å². The predicted octanol–water partition coefficient (Wildman–Crippen LogP) is -0.414. The number of piperazine rings is 1. The maximum atomic E-state index is 12.3. The summed E-state index contributed by atoms with van der Waals surface area (Å²) in [6.45, 7) is 6.01. The van der Waals surface area contributed by atoms with Crippen molar-refractivity contribution in [3.8, 4) is 0 Å². The summed E-state index contributed by atoms with van der Waals surface area (Å²) in [7, 11) is 0. The summed E-state index contributed by atoms with van der Waals surface area (Å²) in [6, 6.07) is 10.4. The standard InChI is InChI=1S/C18H24N6O3/c1-12(11-20-17(26)15-14(19)16(25)22-18(27)21-15)23-7-9-24(10-8-23)13-5-3-2-4-6-13/h2-6,12H,7-11,19H2,1H3,(H,20,26)(H2,21,22,25,27). The van der Waals surface area contributed by atoms with E-state index in [4.69, 9.17) is 5.73 Å². The Bertz CT molecular complexity index is 899. The lowest BCUT2D eigenvalue weighted by molar-refractivity contribution is 0.0929. The van der Waals surface area contributed by atoms with Gasteiger partial charge < -0.3 is 20.9 Å². The first-order valence-corrected chi connectivity index (χ1v) is 8.90. The molecule has 1 aromatic heterocycles. The van der Waals surface area contributed by atoms with E-state index in [1.165, 1.54) is 5.69 Å². The van der Waals surface area contributed by atoms with Crippen molar-refractivity contribution in [2.45, 2.75) is 13.0 Å². The van der Waals surface area contributed by atoms with Gasteiger partial charge in [-0.05, 0) is 19.1 Å². The van der Waals surface area contributed by atoms with Crippen LogP contribution in [-0.4, -0.2) is 59.5 Å². The molecule has 0 bridgehead atoms. The van der Waals surface area contributed by atoms with Crippen molar-refractivity contribution in [2.75, 3.05) is 43.4 Å². The summed E-state index contributed by atoms with van der Waals surface area (Å²) in [5.41, 5.74) is 4.77. The van der Waals surface area contributed by atoms with Gasteiger partial charge in [-0.25, -0.2) is 4.79 Å². The zero-order chi connectivity index (χ0) is 19.4. The largest absolute Gasteiger partial charge is 0.392 e. The maximum Gasteiger partial charge on any atom is 0.326 e. The highest BCUT2D eigenvalue weighted by Crippen LogP contribution is 2.16. The third-order valence-electron chi connectivity index (χ3n) is 4.82. The minimum atomic E-state index is -0.769. The number of carbonyl (C=O) groups is 1. The molecule has 1 saturated heterocycles. The SMILES string of the molecule is CC(CNC(=O)c1[nH]c(=O)[nH]c(=O)c1N)N1CCN(c2ccccc2)CC1. The van der Waals surface area contributed by atoms with Crippen LogP contribution in [0.3, 0.4) is 0 Å². The van der Waals surface area contributed by atoms with Crippen molar-refractivity contribution in [3.05, 3.63) is 56.9 Å². The molecule has 1 atom stereocenters. The average molecular weight is 372 g/mol. The van der Waals surface area contributed by atoms with E-state index in [1.807, 2.05) is 30.1 Å². The smallest absolute Gasteiger partial charge is 0.326 e. The van der Waals surface area contributed by atoms with Crippen LogP contribution in [0.4, 0.5) is 11.4 Å². The molecule has 0 saturated carbocycles. The normalized spacial score (nSPS) is 16.1. The van der Waals surface area contributed by atoms with E-state index in [9.17, 15) is 14.4 Å². The van der Waals surface area contributed by atoms with Crippen LogP contribution >= 0.6 is 0 Å². The number of para-hydroxylation sites is 1. The molecule has 1 unspecified atom stereocenters. The molecule has 144 valence electrons. The molecule has 0 spiro atoms. The van der Waals surface area contributed by atoms with E-state index < -0.39 is 17.2 Å². The average Bonchev–Trinajstić information content (AvgIpc) is 2.69. The lowest BCUT2D eigenvalue weighted by Crippen LogP contribution is -2.52. The molecule has 1 aromatic carbocycles. The van der Waals surface area contributed by atoms with Crippen LogP contribution in [0.15, 0.2) is 39.9 Å². The first-order chi connectivity index (χ1) is 13.0. The zero-order valence-corrected chi connectivity index (χ0v) is 15.2. The van der Waals surface area contributed by atoms with Gasteiger partial charge >= 0.3 is 5.69 Å². The van der Waals surface area contributed by atoms with E-state index in [2.05, 4.69) is 32.2 Å². The Morgan fingerprint density at radius 3 is 2.48 bits per heavy atom. The number of aromatic nitrogens is 2. The second-order valence-corrected chi connectivity index (χ2v) is 6.61. The van der Waals surface area contributed by atoms with Crippen LogP contribution in [0.5, 0.6) is 0 Å².